The van der Waals surface area contributed by atoms with E-state index in [9.17, 15) is 13.2 Å². The van der Waals surface area contributed by atoms with Crippen molar-refractivity contribution in [1.29, 1.82) is 0 Å². The quantitative estimate of drug-likeness (QED) is 0.647. The molecule has 1 saturated carbocycles. The van der Waals surface area contributed by atoms with Gasteiger partial charge in [-0.05, 0) is 63.0 Å². The van der Waals surface area contributed by atoms with Gasteiger partial charge in [-0.2, -0.15) is 4.40 Å². The van der Waals surface area contributed by atoms with Crippen molar-refractivity contribution in [3.05, 3.63) is 35.3 Å². The van der Waals surface area contributed by atoms with E-state index >= 15 is 0 Å². The van der Waals surface area contributed by atoms with Gasteiger partial charge in [0, 0.05) is 18.3 Å². The van der Waals surface area contributed by atoms with E-state index in [0.29, 0.717) is 42.6 Å². The molecule has 0 aromatic carbocycles. The van der Waals surface area contributed by atoms with E-state index in [1.165, 1.54) is 4.90 Å². The lowest BCUT2D eigenvalue weighted by atomic mass is 9.81. The second-order valence-corrected chi connectivity index (χ2v) is 11.0. The number of hydrogen-bond acceptors (Lipinski definition) is 7. The Morgan fingerprint density at radius 3 is 2.70 bits per heavy atom. The molecule has 2 saturated heterocycles. The van der Waals surface area contributed by atoms with E-state index in [4.69, 9.17) is 14.2 Å². The van der Waals surface area contributed by atoms with Crippen molar-refractivity contribution in [2.45, 2.75) is 62.7 Å². The van der Waals surface area contributed by atoms with Gasteiger partial charge in [-0.3, -0.25) is 4.79 Å². The van der Waals surface area contributed by atoms with Crippen LogP contribution in [0.15, 0.2) is 28.6 Å². The number of piperidine rings is 1. The van der Waals surface area contributed by atoms with Crippen LogP contribution in [0.5, 0.6) is 5.88 Å². The smallest absolute Gasteiger partial charge is 0.265 e. The van der Waals surface area contributed by atoms with Crippen molar-refractivity contribution in [2.75, 3.05) is 26.4 Å². The molecule has 6 rings (SSSR count). The van der Waals surface area contributed by atoms with Crippen LogP contribution >= 0.6 is 0 Å². The van der Waals surface area contributed by atoms with E-state index in [2.05, 4.69) is 9.38 Å². The first-order chi connectivity index (χ1) is 15.9. The van der Waals surface area contributed by atoms with Gasteiger partial charge in [0.25, 0.3) is 15.9 Å². The molecular formula is C23H29N3O6S. The number of amides is 1. The molecule has 4 aliphatic heterocycles. The average Bonchev–Trinajstić information content (AvgIpc) is 2.76. The number of aromatic nitrogens is 1. The van der Waals surface area contributed by atoms with Gasteiger partial charge in [-0.1, -0.05) is 0 Å². The minimum Gasteiger partial charge on any atom is -0.496 e. The number of allylic oxidation sites excluding steroid dienone is 1. The van der Waals surface area contributed by atoms with Crippen LogP contribution in [0.2, 0.25) is 0 Å². The fourth-order valence-corrected chi connectivity index (χ4v) is 6.10. The van der Waals surface area contributed by atoms with Crippen LogP contribution in [0, 0.1) is 6.92 Å². The summed E-state index contributed by atoms with van der Waals surface area (Å²) in [6, 6.07) is 1.98. The number of hydrogen-bond donors (Lipinski definition) is 0. The molecule has 5 heterocycles. The van der Waals surface area contributed by atoms with Gasteiger partial charge < -0.3 is 19.1 Å². The fraction of sp³-hybridized carbons (Fsp3) is 0.609. The van der Waals surface area contributed by atoms with Crippen LogP contribution in [0.1, 0.15) is 55.6 Å². The molecule has 1 aliphatic carbocycles. The molecule has 1 amide bonds. The molecule has 9 nitrogen and oxygen atoms in total. The number of fused-ring (bicyclic) bond motifs is 5. The molecular weight excluding hydrogens is 446 g/mol. The van der Waals surface area contributed by atoms with Crippen molar-refractivity contribution in [2.24, 2.45) is 4.40 Å². The highest BCUT2D eigenvalue weighted by Crippen LogP contribution is 2.39. The third kappa shape index (κ3) is 4.50. The van der Waals surface area contributed by atoms with Crippen molar-refractivity contribution < 1.29 is 27.4 Å². The van der Waals surface area contributed by atoms with Crippen molar-refractivity contribution in [1.82, 2.24) is 9.88 Å². The van der Waals surface area contributed by atoms with Crippen molar-refractivity contribution >= 4 is 21.6 Å². The summed E-state index contributed by atoms with van der Waals surface area (Å²) < 4.78 is 46.6. The van der Waals surface area contributed by atoms with Crippen LogP contribution in [-0.4, -0.2) is 67.6 Å². The summed E-state index contributed by atoms with van der Waals surface area (Å²) in [5, 5.41) is -0.628. The molecule has 1 aromatic heterocycles. The zero-order valence-corrected chi connectivity index (χ0v) is 19.6. The molecule has 0 spiro atoms. The van der Waals surface area contributed by atoms with E-state index in [1.807, 2.05) is 13.0 Å². The highest BCUT2D eigenvalue weighted by Gasteiger charge is 2.36. The largest absolute Gasteiger partial charge is 0.496 e. The summed E-state index contributed by atoms with van der Waals surface area (Å²) in [4.78, 5) is 19.2. The van der Waals surface area contributed by atoms with Crippen LogP contribution in [0.25, 0.3) is 0 Å². The first kappa shape index (κ1) is 22.3. The molecule has 3 fully saturated rings. The molecule has 0 unspecified atom stereocenters. The summed E-state index contributed by atoms with van der Waals surface area (Å²) in [5.74, 6) is 0.546. The van der Waals surface area contributed by atoms with Crippen molar-refractivity contribution in [3.63, 3.8) is 0 Å². The minimum absolute atomic E-state index is 0.00705. The molecule has 10 heteroatoms. The predicted octanol–water partition coefficient (Wildman–Crippen LogP) is 2.46. The summed E-state index contributed by atoms with van der Waals surface area (Å²) in [6.45, 7) is 2.62. The van der Waals surface area contributed by atoms with Gasteiger partial charge in [-0.25, -0.2) is 13.4 Å². The third-order valence-electron chi connectivity index (χ3n) is 6.91. The van der Waals surface area contributed by atoms with Crippen molar-refractivity contribution in [3.8, 4) is 5.88 Å². The number of aryl methyl sites for hydroxylation is 1. The van der Waals surface area contributed by atoms with Crippen LogP contribution in [0.4, 0.5) is 0 Å². The average molecular weight is 476 g/mol. The highest BCUT2D eigenvalue weighted by atomic mass is 32.2. The van der Waals surface area contributed by atoms with Crippen LogP contribution in [-0.2, 0) is 24.3 Å². The zero-order valence-electron chi connectivity index (χ0n) is 18.7. The molecule has 5 aliphatic rings. The molecule has 0 N–H and O–H groups in total. The van der Waals surface area contributed by atoms with E-state index < -0.39 is 15.3 Å². The van der Waals surface area contributed by atoms with Gasteiger partial charge in [0.2, 0.25) is 5.88 Å². The van der Waals surface area contributed by atoms with Gasteiger partial charge in [0.1, 0.15) is 17.2 Å². The van der Waals surface area contributed by atoms with Gasteiger partial charge in [0.05, 0.1) is 25.0 Å². The minimum atomic E-state index is -3.72. The first-order valence-electron chi connectivity index (χ1n) is 11.6. The summed E-state index contributed by atoms with van der Waals surface area (Å²) in [6.07, 6.45) is 7.92. The fourth-order valence-electron chi connectivity index (χ4n) is 4.92. The highest BCUT2D eigenvalue weighted by molar-refractivity contribution is 7.91. The molecule has 0 radical (unpaired) electrons. The Labute approximate surface area is 193 Å². The number of pyridine rings is 1. The SMILES string of the molecule is Cc1ccnc2c1C1CCC(CC1)O/C=C1/C(=N/S(=O)(=O)C3COC3)CCCN1C(=O)CO2. The third-order valence-corrected chi connectivity index (χ3v) is 8.50. The monoisotopic (exact) mass is 475 g/mol. The summed E-state index contributed by atoms with van der Waals surface area (Å²) >= 11 is 0. The maximum atomic E-state index is 13.2. The lowest BCUT2D eigenvalue weighted by molar-refractivity contribution is -0.131. The normalized spacial score (nSPS) is 29.2. The second kappa shape index (κ2) is 9.06. The van der Waals surface area contributed by atoms with E-state index in [1.54, 1.807) is 12.5 Å². The Morgan fingerprint density at radius 2 is 1.97 bits per heavy atom. The Bertz CT molecular complexity index is 1090. The number of carbonyl (C=O) groups is 1. The summed E-state index contributed by atoms with van der Waals surface area (Å²) in [7, 11) is -3.72. The van der Waals surface area contributed by atoms with Crippen LogP contribution < -0.4 is 4.74 Å². The number of nitrogens with zero attached hydrogens (tertiary/aromatic N) is 3. The Hall–Kier alpha value is -2.46. The topological polar surface area (TPSA) is 107 Å². The van der Waals surface area contributed by atoms with Gasteiger partial charge in [0.15, 0.2) is 6.61 Å². The first-order valence-corrected chi connectivity index (χ1v) is 13.1. The number of carbonyl (C=O) groups excluding carboxylic acids is 1. The lowest BCUT2D eigenvalue weighted by Gasteiger charge is -2.32. The Balaban J connectivity index is 1.49. The molecule has 33 heavy (non-hydrogen) atoms. The summed E-state index contributed by atoms with van der Waals surface area (Å²) in [5.41, 5.74) is 2.96. The maximum Gasteiger partial charge on any atom is 0.265 e. The Morgan fingerprint density at radius 1 is 1.18 bits per heavy atom. The Kier molecular flexibility index (Phi) is 6.13. The van der Waals surface area contributed by atoms with Gasteiger partial charge >= 0.3 is 0 Å². The number of rotatable bonds is 2. The predicted molar refractivity (Wildman–Crippen MR) is 121 cm³/mol. The molecule has 1 aromatic rings. The second-order valence-electron chi connectivity index (χ2n) is 9.11. The standard InChI is InChI=1S/C23H29N3O6S/c1-15-8-9-24-23-22(15)16-4-6-17(7-5-16)31-13-20-19(25-33(28,29)18-11-30-12-18)3-2-10-26(20)21(27)14-32-23/h8-9,13,16-18H,2-7,10-12,14H2,1H3/b20-13-,25-19+. The molecule has 2 bridgehead atoms. The zero-order chi connectivity index (χ0) is 23.0. The van der Waals surface area contributed by atoms with E-state index in [0.717, 1.165) is 36.8 Å². The van der Waals surface area contributed by atoms with Gasteiger partial charge in [-0.15, -0.1) is 0 Å². The molecule has 178 valence electrons. The van der Waals surface area contributed by atoms with E-state index in [-0.39, 0.29) is 31.8 Å². The maximum absolute atomic E-state index is 13.2. The molecule has 0 atom stereocenters. The number of ether oxygens (including phenoxy) is 3. The lowest BCUT2D eigenvalue weighted by Crippen LogP contribution is -2.43. The van der Waals surface area contributed by atoms with Crippen LogP contribution in [0.3, 0.4) is 0 Å². The number of sulfonamides is 1.